The first-order valence-corrected chi connectivity index (χ1v) is 28.4. The van der Waals surface area contributed by atoms with E-state index in [1.54, 1.807) is 42.1 Å². The summed E-state index contributed by atoms with van der Waals surface area (Å²) in [5.41, 5.74) is 7.09. The highest BCUT2D eigenvalue weighted by atomic mass is 32.2. The molecule has 2 saturated heterocycles. The van der Waals surface area contributed by atoms with Gasteiger partial charge in [0.25, 0.3) is 10.0 Å². The molecular formula is C53H63FN6O5S4. The SMILES string of the molecule is Cc1ccc(-c2c(-c3cc(F)cc(N4CCN(c5ccc(NS(=O)(=O)c6ccc(N[C@H](CCN7CCC(O)CC7)CSc7ccccc7)c(S)c6)cc5)CC4)c3)c(S(C)(=O)=O)c(C)n2C(C)C)cc1. The van der Waals surface area contributed by atoms with Crippen LogP contribution in [0.5, 0.6) is 0 Å². The molecule has 0 bridgehead atoms. The van der Waals surface area contributed by atoms with Crippen LogP contribution >= 0.6 is 24.4 Å². The molecule has 2 aliphatic heterocycles. The molecule has 366 valence electrons. The number of hydrogen-bond donors (Lipinski definition) is 4. The maximum absolute atomic E-state index is 15.7. The first-order valence-electron chi connectivity index (χ1n) is 23.6. The van der Waals surface area contributed by atoms with E-state index in [1.807, 2.05) is 92.9 Å². The third-order valence-corrected chi connectivity index (χ3v) is 17.3. The van der Waals surface area contributed by atoms with Crippen LogP contribution in [0.3, 0.4) is 0 Å². The minimum absolute atomic E-state index is 0.0559. The van der Waals surface area contributed by atoms with E-state index in [0.29, 0.717) is 59.3 Å². The summed E-state index contributed by atoms with van der Waals surface area (Å²) in [5, 5.41) is 13.6. The summed E-state index contributed by atoms with van der Waals surface area (Å²) in [6.07, 6.45) is 3.45. The van der Waals surface area contributed by atoms with Gasteiger partial charge in [-0.2, -0.15) is 0 Å². The minimum atomic E-state index is -3.94. The Morgan fingerprint density at radius 3 is 2.06 bits per heavy atom. The minimum Gasteiger partial charge on any atom is -0.393 e. The van der Waals surface area contributed by atoms with Crippen LogP contribution < -0.4 is 19.8 Å². The molecule has 6 aromatic rings. The molecule has 2 fully saturated rings. The van der Waals surface area contributed by atoms with E-state index in [2.05, 4.69) is 36.9 Å². The molecule has 0 saturated carbocycles. The number of sulfone groups is 1. The normalized spacial score (nSPS) is 15.7. The predicted molar refractivity (Wildman–Crippen MR) is 284 cm³/mol. The molecule has 0 unspecified atom stereocenters. The number of likely N-dealkylation sites (tertiary alicyclic amines) is 1. The zero-order chi connectivity index (χ0) is 49.0. The zero-order valence-electron chi connectivity index (χ0n) is 39.9. The molecule has 3 heterocycles. The third kappa shape index (κ3) is 12.1. The lowest BCUT2D eigenvalue weighted by Crippen LogP contribution is -2.46. The van der Waals surface area contributed by atoms with Crippen molar-refractivity contribution in [1.82, 2.24) is 9.47 Å². The number of aliphatic hydroxyl groups excluding tert-OH is 1. The summed E-state index contributed by atoms with van der Waals surface area (Å²) < 4.78 is 74.9. The van der Waals surface area contributed by atoms with Gasteiger partial charge in [-0.15, -0.1) is 24.4 Å². The number of hydrogen-bond acceptors (Lipinski definition) is 11. The van der Waals surface area contributed by atoms with Crippen molar-refractivity contribution in [3.05, 3.63) is 132 Å². The van der Waals surface area contributed by atoms with Crippen molar-refractivity contribution in [2.75, 3.05) is 77.7 Å². The lowest BCUT2D eigenvalue weighted by Gasteiger charge is -2.37. The fourth-order valence-electron chi connectivity index (χ4n) is 9.54. The van der Waals surface area contributed by atoms with Crippen LogP contribution in [0.25, 0.3) is 22.4 Å². The number of nitrogens with zero attached hydrogens (tertiary/aromatic N) is 4. The van der Waals surface area contributed by atoms with E-state index in [1.165, 1.54) is 23.3 Å². The number of aliphatic hydroxyl groups is 1. The van der Waals surface area contributed by atoms with Gasteiger partial charge in [0.2, 0.25) is 0 Å². The van der Waals surface area contributed by atoms with Crippen LogP contribution in [0.4, 0.5) is 27.1 Å². The van der Waals surface area contributed by atoms with Crippen LogP contribution in [0.15, 0.2) is 135 Å². The summed E-state index contributed by atoms with van der Waals surface area (Å²) in [4.78, 5) is 8.74. The van der Waals surface area contributed by atoms with Crippen molar-refractivity contribution in [2.24, 2.45) is 0 Å². The Bertz CT molecular complexity index is 2950. The van der Waals surface area contributed by atoms with E-state index < -0.39 is 25.7 Å². The summed E-state index contributed by atoms with van der Waals surface area (Å²) in [6, 6.07) is 35.4. The molecule has 2 aliphatic rings. The van der Waals surface area contributed by atoms with E-state index in [0.717, 1.165) is 72.8 Å². The molecule has 5 aromatic carbocycles. The highest BCUT2D eigenvalue weighted by Gasteiger charge is 2.31. The Morgan fingerprint density at radius 1 is 0.783 bits per heavy atom. The van der Waals surface area contributed by atoms with Gasteiger partial charge >= 0.3 is 0 Å². The number of rotatable bonds is 17. The highest BCUT2D eigenvalue weighted by molar-refractivity contribution is 7.99. The maximum Gasteiger partial charge on any atom is 0.261 e. The second-order valence-electron chi connectivity index (χ2n) is 18.6. The number of sulfonamides is 1. The van der Waals surface area contributed by atoms with Gasteiger partial charge in [-0.05, 0) is 131 Å². The van der Waals surface area contributed by atoms with Crippen LogP contribution in [0.2, 0.25) is 0 Å². The molecule has 1 atom stereocenters. The lowest BCUT2D eigenvalue weighted by molar-refractivity contribution is 0.0817. The second-order valence-corrected chi connectivity index (χ2v) is 23.8. The summed E-state index contributed by atoms with van der Waals surface area (Å²) in [6.45, 7) is 12.9. The predicted octanol–water partition coefficient (Wildman–Crippen LogP) is 10.4. The monoisotopic (exact) mass is 1010 g/mol. The molecule has 16 heteroatoms. The number of nitrogens with one attached hydrogen (secondary N) is 2. The molecule has 0 aliphatic carbocycles. The molecule has 1 aromatic heterocycles. The van der Waals surface area contributed by atoms with E-state index in [-0.39, 0.29) is 28.0 Å². The number of thiol groups is 1. The van der Waals surface area contributed by atoms with Gasteiger partial charge < -0.3 is 29.7 Å². The first-order chi connectivity index (χ1) is 32.9. The largest absolute Gasteiger partial charge is 0.393 e. The van der Waals surface area contributed by atoms with Crippen molar-refractivity contribution >= 4 is 67.0 Å². The second kappa shape index (κ2) is 21.6. The fourth-order valence-corrected chi connectivity index (χ4v) is 13.2. The molecule has 69 heavy (non-hydrogen) atoms. The van der Waals surface area contributed by atoms with Crippen molar-refractivity contribution in [3.63, 3.8) is 0 Å². The van der Waals surface area contributed by atoms with Crippen molar-refractivity contribution in [3.8, 4) is 22.4 Å². The van der Waals surface area contributed by atoms with Gasteiger partial charge in [-0.1, -0.05) is 48.0 Å². The first kappa shape index (κ1) is 50.4. The number of anilines is 4. The van der Waals surface area contributed by atoms with Gasteiger partial charge in [0, 0.05) is 114 Å². The van der Waals surface area contributed by atoms with E-state index >= 15 is 4.39 Å². The smallest absolute Gasteiger partial charge is 0.261 e. The molecule has 8 rings (SSSR count). The third-order valence-electron chi connectivity index (χ3n) is 13.1. The Hall–Kier alpha value is -4.97. The van der Waals surface area contributed by atoms with E-state index in [9.17, 15) is 21.9 Å². The Morgan fingerprint density at radius 2 is 1.43 bits per heavy atom. The number of piperazine rings is 1. The van der Waals surface area contributed by atoms with Gasteiger partial charge in [-0.25, -0.2) is 21.2 Å². The number of aromatic nitrogens is 1. The molecule has 0 radical (unpaired) electrons. The Labute approximate surface area is 417 Å². The summed E-state index contributed by atoms with van der Waals surface area (Å²) in [5.74, 6) is 0.365. The summed E-state index contributed by atoms with van der Waals surface area (Å²) >= 11 is 6.52. The summed E-state index contributed by atoms with van der Waals surface area (Å²) in [7, 11) is -7.65. The molecule has 3 N–H and O–H groups in total. The molecule has 0 amide bonds. The number of benzene rings is 5. The van der Waals surface area contributed by atoms with Crippen molar-refractivity contribution < 1.29 is 26.3 Å². The number of thioether (sulfide) groups is 1. The maximum atomic E-state index is 15.7. The molecule has 0 spiro atoms. The van der Waals surface area contributed by atoms with Crippen molar-refractivity contribution in [2.45, 2.75) is 84.7 Å². The lowest BCUT2D eigenvalue weighted by atomic mass is 9.99. The van der Waals surface area contributed by atoms with Crippen molar-refractivity contribution in [1.29, 1.82) is 0 Å². The average molecular weight is 1010 g/mol. The molecular weight excluding hydrogens is 948 g/mol. The average Bonchev–Trinajstić information content (AvgIpc) is 3.65. The Balaban J connectivity index is 0.926. The van der Waals surface area contributed by atoms with E-state index in [4.69, 9.17) is 12.6 Å². The standard InChI is InChI=1S/C53H63FN6O5S4/c1-36(2)60-38(4)53(68(5,62)63)51(52(60)39-13-11-37(3)12-14-39)40-31-41(54)33-45(32-40)59-29-27-58(28-30-59)44-17-15-42(16-18-44)56-69(64,65)48-19-20-49(50(66)34-48)55-43(35-67-47-9-7-6-8-10-47)21-24-57-25-22-46(61)23-26-57/h6-20,31-34,36,43,46,55-56,61,66H,21-30,35H2,1-5H3/t43-/m1/s1. The van der Waals surface area contributed by atoms with Gasteiger partial charge in [-0.3, -0.25) is 4.72 Å². The van der Waals surface area contributed by atoms with Crippen LogP contribution in [0, 0.1) is 19.7 Å². The number of halogens is 1. The van der Waals surface area contributed by atoms with Crippen LogP contribution in [-0.2, 0) is 19.9 Å². The van der Waals surface area contributed by atoms with Crippen LogP contribution in [0.1, 0.15) is 50.4 Å². The number of aryl methyl sites for hydroxylation is 1. The fraction of sp³-hybridized carbons (Fsp3) is 0.358. The zero-order valence-corrected chi connectivity index (χ0v) is 43.2. The van der Waals surface area contributed by atoms with Gasteiger partial charge in [0.1, 0.15) is 5.82 Å². The quantitative estimate of drug-likeness (QED) is 0.0518. The molecule has 11 nitrogen and oxygen atoms in total. The van der Waals surface area contributed by atoms with Gasteiger partial charge in [0.05, 0.1) is 21.6 Å². The number of piperidine rings is 1. The van der Waals surface area contributed by atoms with Gasteiger partial charge in [0.15, 0.2) is 9.84 Å². The topological polar surface area (TPSA) is 127 Å². The Kier molecular flexibility index (Phi) is 15.8. The van der Waals surface area contributed by atoms with Crippen LogP contribution in [-0.4, -0.2) is 101 Å². The highest BCUT2D eigenvalue weighted by Crippen LogP contribution is 2.44.